The molecule has 2 aromatic rings. The fourth-order valence-electron chi connectivity index (χ4n) is 2.60. The lowest BCUT2D eigenvalue weighted by atomic mass is 10.0. The number of piperidine rings is 1. The maximum Gasteiger partial charge on any atom is 0.270 e. The predicted octanol–water partition coefficient (Wildman–Crippen LogP) is 2.46. The van der Waals surface area contributed by atoms with Crippen molar-refractivity contribution in [3.05, 3.63) is 34.6 Å². The number of nitrogens with zero attached hydrogens (tertiary/aromatic N) is 3. The number of H-pyrrole nitrogens is 2. The van der Waals surface area contributed by atoms with Crippen LogP contribution in [0.15, 0.2) is 12.3 Å². The predicted molar refractivity (Wildman–Crippen MR) is 74.6 cm³/mol. The Morgan fingerprint density at radius 3 is 3.00 bits per heavy atom. The molecule has 6 nitrogen and oxygen atoms in total. The van der Waals surface area contributed by atoms with Crippen LogP contribution in [-0.2, 0) is 0 Å². The SMILES string of the molecule is Cc1nc([C@H]2CCCCN2C(=O)c2cc(Cl)c[nH]2)n[nH]1. The molecule has 1 fully saturated rings. The molecular weight excluding hydrogens is 278 g/mol. The largest absolute Gasteiger partial charge is 0.356 e. The number of carbonyl (C=O) groups excluding carboxylic acids is 1. The lowest BCUT2D eigenvalue weighted by molar-refractivity contribution is 0.0595. The third-order valence-electron chi connectivity index (χ3n) is 3.55. The maximum absolute atomic E-state index is 12.6. The Bertz CT molecular complexity index is 620. The van der Waals surface area contributed by atoms with Crippen LogP contribution in [0.1, 0.15) is 47.4 Å². The highest BCUT2D eigenvalue weighted by Crippen LogP contribution is 2.30. The Balaban J connectivity index is 1.87. The molecule has 2 aromatic heterocycles. The van der Waals surface area contributed by atoms with Crippen molar-refractivity contribution in [1.29, 1.82) is 0 Å². The molecule has 0 saturated carbocycles. The van der Waals surface area contributed by atoms with Gasteiger partial charge in [0.25, 0.3) is 5.91 Å². The topological polar surface area (TPSA) is 77.7 Å². The molecule has 1 aliphatic heterocycles. The van der Waals surface area contributed by atoms with Crippen molar-refractivity contribution in [1.82, 2.24) is 25.1 Å². The van der Waals surface area contributed by atoms with Crippen molar-refractivity contribution >= 4 is 17.5 Å². The number of aromatic nitrogens is 4. The average molecular weight is 294 g/mol. The molecule has 0 spiro atoms. The van der Waals surface area contributed by atoms with Crippen LogP contribution in [0.5, 0.6) is 0 Å². The second-order valence-corrected chi connectivity index (χ2v) is 5.46. The Labute approximate surface area is 121 Å². The van der Waals surface area contributed by atoms with Gasteiger partial charge in [0.1, 0.15) is 11.5 Å². The fourth-order valence-corrected chi connectivity index (χ4v) is 2.76. The van der Waals surface area contributed by atoms with E-state index in [1.54, 1.807) is 12.3 Å². The number of hydrogen-bond acceptors (Lipinski definition) is 3. The molecule has 3 rings (SSSR count). The Hall–Kier alpha value is -1.82. The van der Waals surface area contributed by atoms with E-state index in [0.29, 0.717) is 23.1 Å². The number of amides is 1. The van der Waals surface area contributed by atoms with Crippen LogP contribution in [0.25, 0.3) is 0 Å². The summed E-state index contributed by atoms with van der Waals surface area (Å²) in [5.74, 6) is 1.40. The van der Waals surface area contributed by atoms with Crippen LogP contribution >= 0.6 is 11.6 Å². The summed E-state index contributed by atoms with van der Waals surface area (Å²) in [6, 6.07) is 1.59. The summed E-state index contributed by atoms with van der Waals surface area (Å²) in [6.07, 6.45) is 4.58. The second kappa shape index (κ2) is 5.28. The van der Waals surface area contributed by atoms with Crippen molar-refractivity contribution in [3.8, 4) is 0 Å². The molecule has 20 heavy (non-hydrogen) atoms. The van der Waals surface area contributed by atoms with E-state index >= 15 is 0 Å². The van der Waals surface area contributed by atoms with E-state index in [2.05, 4.69) is 20.2 Å². The quantitative estimate of drug-likeness (QED) is 0.893. The molecule has 106 valence electrons. The molecule has 1 amide bonds. The van der Waals surface area contributed by atoms with E-state index in [1.165, 1.54) is 0 Å². The van der Waals surface area contributed by atoms with Gasteiger partial charge in [-0.2, -0.15) is 5.10 Å². The van der Waals surface area contributed by atoms with Gasteiger partial charge in [-0.1, -0.05) is 11.6 Å². The van der Waals surface area contributed by atoms with Crippen LogP contribution in [0.4, 0.5) is 0 Å². The fraction of sp³-hybridized carbons (Fsp3) is 0.462. The van der Waals surface area contributed by atoms with Crippen molar-refractivity contribution in [2.75, 3.05) is 6.54 Å². The summed E-state index contributed by atoms with van der Waals surface area (Å²) in [5, 5.41) is 7.58. The molecule has 0 radical (unpaired) electrons. The van der Waals surface area contributed by atoms with E-state index in [1.807, 2.05) is 11.8 Å². The minimum absolute atomic E-state index is 0.0518. The normalized spacial score (nSPS) is 19.3. The first-order valence-electron chi connectivity index (χ1n) is 6.69. The average Bonchev–Trinajstić information content (AvgIpc) is 3.07. The van der Waals surface area contributed by atoms with Gasteiger partial charge >= 0.3 is 0 Å². The van der Waals surface area contributed by atoms with Crippen molar-refractivity contribution in [3.63, 3.8) is 0 Å². The highest BCUT2D eigenvalue weighted by atomic mass is 35.5. The number of likely N-dealkylation sites (tertiary alicyclic amines) is 1. The molecule has 0 aliphatic carbocycles. The monoisotopic (exact) mass is 293 g/mol. The third kappa shape index (κ3) is 2.43. The van der Waals surface area contributed by atoms with Gasteiger partial charge in [0.05, 0.1) is 11.1 Å². The zero-order valence-electron chi connectivity index (χ0n) is 11.2. The highest BCUT2D eigenvalue weighted by molar-refractivity contribution is 6.30. The molecule has 7 heteroatoms. The number of hydrogen-bond donors (Lipinski definition) is 2. The third-order valence-corrected chi connectivity index (χ3v) is 3.77. The molecule has 1 saturated heterocycles. The van der Waals surface area contributed by atoms with E-state index in [0.717, 1.165) is 25.1 Å². The Morgan fingerprint density at radius 2 is 2.35 bits per heavy atom. The Morgan fingerprint density at radius 1 is 1.50 bits per heavy atom. The van der Waals surface area contributed by atoms with Crippen LogP contribution < -0.4 is 0 Å². The molecule has 1 atom stereocenters. The van der Waals surface area contributed by atoms with Crippen LogP contribution in [0.3, 0.4) is 0 Å². The van der Waals surface area contributed by atoms with Gasteiger partial charge in [0.2, 0.25) is 0 Å². The number of carbonyl (C=O) groups is 1. The summed E-state index contributed by atoms with van der Waals surface area (Å²) >= 11 is 5.87. The van der Waals surface area contributed by atoms with E-state index in [9.17, 15) is 4.79 Å². The zero-order valence-corrected chi connectivity index (χ0v) is 11.9. The number of rotatable bonds is 2. The van der Waals surface area contributed by atoms with Crippen molar-refractivity contribution < 1.29 is 4.79 Å². The Kier molecular flexibility index (Phi) is 3.48. The summed E-state index contributed by atoms with van der Waals surface area (Å²) in [6.45, 7) is 2.57. The minimum Gasteiger partial charge on any atom is -0.356 e. The second-order valence-electron chi connectivity index (χ2n) is 5.02. The molecule has 0 bridgehead atoms. The number of nitrogens with one attached hydrogen (secondary N) is 2. The maximum atomic E-state index is 12.6. The molecule has 3 heterocycles. The first-order valence-corrected chi connectivity index (χ1v) is 7.07. The van der Waals surface area contributed by atoms with Gasteiger partial charge in [-0.3, -0.25) is 9.89 Å². The first-order chi connectivity index (χ1) is 9.65. The van der Waals surface area contributed by atoms with Gasteiger partial charge in [-0.25, -0.2) is 4.98 Å². The molecule has 0 aromatic carbocycles. The molecule has 1 aliphatic rings. The molecule has 0 unspecified atom stereocenters. The van der Waals surface area contributed by atoms with Gasteiger partial charge in [-0.05, 0) is 32.3 Å². The number of halogens is 1. The van der Waals surface area contributed by atoms with E-state index in [4.69, 9.17) is 11.6 Å². The first kappa shape index (κ1) is 13.2. The van der Waals surface area contributed by atoms with Gasteiger partial charge < -0.3 is 9.88 Å². The van der Waals surface area contributed by atoms with Gasteiger partial charge in [-0.15, -0.1) is 0 Å². The summed E-state index contributed by atoms with van der Waals surface area (Å²) in [4.78, 5) is 21.7. The van der Waals surface area contributed by atoms with Crippen molar-refractivity contribution in [2.24, 2.45) is 0 Å². The van der Waals surface area contributed by atoms with Crippen LogP contribution in [0, 0.1) is 6.92 Å². The van der Waals surface area contributed by atoms with E-state index in [-0.39, 0.29) is 11.9 Å². The minimum atomic E-state index is -0.0664. The van der Waals surface area contributed by atoms with E-state index < -0.39 is 0 Å². The lowest BCUT2D eigenvalue weighted by Gasteiger charge is -2.33. The highest BCUT2D eigenvalue weighted by Gasteiger charge is 2.31. The number of aromatic amines is 2. The number of aryl methyl sites for hydroxylation is 1. The summed E-state index contributed by atoms with van der Waals surface area (Å²) in [5.41, 5.74) is 0.508. The van der Waals surface area contributed by atoms with Crippen LogP contribution in [-0.4, -0.2) is 37.5 Å². The van der Waals surface area contributed by atoms with Crippen LogP contribution in [0.2, 0.25) is 5.02 Å². The molecular formula is C13H16ClN5O. The van der Waals surface area contributed by atoms with Gasteiger partial charge in [0, 0.05) is 12.7 Å². The smallest absolute Gasteiger partial charge is 0.270 e. The summed E-state index contributed by atoms with van der Waals surface area (Å²) in [7, 11) is 0. The standard InChI is InChI=1S/C13H16ClN5O/c1-8-16-12(18-17-8)11-4-2-3-5-19(11)13(20)10-6-9(14)7-15-10/h6-7,11,15H,2-5H2,1H3,(H,16,17,18)/t11-/m1/s1. The molecule has 2 N–H and O–H groups in total. The summed E-state index contributed by atoms with van der Waals surface area (Å²) < 4.78 is 0. The van der Waals surface area contributed by atoms with Crippen molar-refractivity contribution in [2.45, 2.75) is 32.2 Å². The zero-order chi connectivity index (χ0) is 14.1. The van der Waals surface area contributed by atoms with Gasteiger partial charge in [0.15, 0.2) is 5.82 Å². The lowest BCUT2D eigenvalue weighted by Crippen LogP contribution is -2.39.